The lowest BCUT2D eigenvalue weighted by Crippen LogP contribution is -2.31. The standard InChI is InChI=1S/C19H24N2O3/c1-14-4-3-5-19(10-14)24-13-18(23)12-20-11-16-6-8-17(9-7-16)21-15(2)22/h3-10,18,20,23H,11-13H2,1-2H3,(H,21,22). The van der Waals surface area contributed by atoms with Crippen LogP contribution in [0.5, 0.6) is 5.75 Å². The van der Waals surface area contributed by atoms with E-state index >= 15 is 0 Å². The van der Waals surface area contributed by atoms with E-state index in [0.717, 1.165) is 22.6 Å². The van der Waals surface area contributed by atoms with Crippen LogP contribution in [0, 0.1) is 6.92 Å². The first-order valence-electron chi connectivity index (χ1n) is 7.98. The second-order valence-corrected chi connectivity index (χ2v) is 5.79. The number of hydrogen-bond acceptors (Lipinski definition) is 4. The number of anilines is 1. The highest BCUT2D eigenvalue weighted by molar-refractivity contribution is 5.88. The van der Waals surface area contributed by atoms with Crippen molar-refractivity contribution in [3.05, 3.63) is 59.7 Å². The molecule has 1 amide bonds. The Labute approximate surface area is 142 Å². The van der Waals surface area contributed by atoms with E-state index in [4.69, 9.17) is 4.74 Å². The third-order valence-corrected chi connectivity index (χ3v) is 3.42. The van der Waals surface area contributed by atoms with Gasteiger partial charge in [0.2, 0.25) is 5.91 Å². The second-order valence-electron chi connectivity index (χ2n) is 5.79. The van der Waals surface area contributed by atoms with Gasteiger partial charge >= 0.3 is 0 Å². The Morgan fingerprint density at radius 3 is 2.62 bits per heavy atom. The number of carbonyl (C=O) groups excluding carboxylic acids is 1. The number of hydrogen-bond donors (Lipinski definition) is 3. The van der Waals surface area contributed by atoms with Gasteiger partial charge in [0, 0.05) is 25.7 Å². The van der Waals surface area contributed by atoms with Crippen molar-refractivity contribution < 1.29 is 14.6 Å². The van der Waals surface area contributed by atoms with Gasteiger partial charge in [0.15, 0.2) is 0 Å². The van der Waals surface area contributed by atoms with Crippen LogP contribution in [-0.4, -0.2) is 30.3 Å². The topological polar surface area (TPSA) is 70.6 Å². The lowest BCUT2D eigenvalue weighted by Gasteiger charge is -2.14. The van der Waals surface area contributed by atoms with E-state index in [1.165, 1.54) is 6.92 Å². The summed E-state index contributed by atoms with van der Waals surface area (Å²) in [6.45, 7) is 4.82. The normalized spacial score (nSPS) is 11.8. The first-order chi connectivity index (χ1) is 11.5. The summed E-state index contributed by atoms with van der Waals surface area (Å²) in [5, 5.41) is 15.9. The molecule has 0 saturated heterocycles. The third kappa shape index (κ3) is 6.40. The Balaban J connectivity index is 1.68. The summed E-state index contributed by atoms with van der Waals surface area (Å²) in [5.74, 6) is 0.681. The smallest absolute Gasteiger partial charge is 0.221 e. The Bertz CT molecular complexity index is 656. The van der Waals surface area contributed by atoms with E-state index in [1.807, 2.05) is 55.5 Å². The molecular formula is C19H24N2O3. The average molecular weight is 328 g/mol. The zero-order chi connectivity index (χ0) is 17.4. The molecule has 0 aliphatic heterocycles. The van der Waals surface area contributed by atoms with Gasteiger partial charge in [0.05, 0.1) is 0 Å². The number of benzene rings is 2. The zero-order valence-electron chi connectivity index (χ0n) is 14.1. The van der Waals surface area contributed by atoms with Gasteiger partial charge in [0.25, 0.3) is 0 Å². The number of nitrogens with one attached hydrogen (secondary N) is 2. The molecule has 0 spiro atoms. The predicted molar refractivity (Wildman–Crippen MR) is 95.1 cm³/mol. The average Bonchev–Trinajstić information content (AvgIpc) is 2.54. The number of aryl methyl sites for hydroxylation is 1. The van der Waals surface area contributed by atoms with Crippen LogP contribution in [0.3, 0.4) is 0 Å². The van der Waals surface area contributed by atoms with Crippen LogP contribution in [0.4, 0.5) is 5.69 Å². The van der Waals surface area contributed by atoms with E-state index in [0.29, 0.717) is 13.1 Å². The van der Waals surface area contributed by atoms with E-state index in [-0.39, 0.29) is 12.5 Å². The lowest BCUT2D eigenvalue weighted by molar-refractivity contribution is -0.114. The number of ether oxygens (including phenoxy) is 1. The fraction of sp³-hybridized carbons (Fsp3) is 0.316. The van der Waals surface area contributed by atoms with Crippen molar-refractivity contribution >= 4 is 11.6 Å². The number of aliphatic hydroxyl groups excluding tert-OH is 1. The molecule has 1 atom stereocenters. The van der Waals surface area contributed by atoms with Crippen LogP contribution < -0.4 is 15.4 Å². The highest BCUT2D eigenvalue weighted by Gasteiger charge is 2.05. The van der Waals surface area contributed by atoms with E-state index in [9.17, 15) is 9.90 Å². The summed E-state index contributed by atoms with van der Waals surface area (Å²) in [5.41, 5.74) is 2.98. The zero-order valence-corrected chi connectivity index (χ0v) is 14.1. The molecule has 0 heterocycles. The Morgan fingerprint density at radius 2 is 1.96 bits per heavy atom. The summed E-state index contributed by atoms with van der Waals surface area (Å²) >= 11 is 0. The first kappa shape index (κ1) is 18.0. The molecule has 2 rings (SSSR count). The van der Waals surface area contributed by atoms with Gasteiger partial charge in [-0.25, -0.2) is 0 Å². The lowest BCUT2D eigenvalue weighted by atomic mass is 10.2. The van der Waals surface area contributed by atoms with Crippen molar-refractivity contribution in [3.63, 3.8) is 0 Å². The second kappa shape index (κ2) is 9.05. The first-order valence-corrected chi connectivity index (χ1v) is 7.98. The van der Waals surface area contributed by atoms with E-state index in [2.05, 4.69) is 10.6 Å². The van der Waals surface area contributed by atoms with Crippen LogP contribution in [0.2, 0.25) is 0 Å². The molecule has 1 unspecified atom stereocenters. The van der Waals surface area contributed by atoms with Crippen molar-refractivity contribution in [1.82, 2.24) is 5.32 Å². The molecule has 128 valence electrons. The van der Waals surface area contributed by atoms with Crippen LogP contribution in [0.1, 0.15) is 18.1 Å². The Kier molecular flexibility index (Phi) is 6.78. The van der Waals surface area contributed by atoms with Crippen molar-refractivity contribution in [3.8, 4) is 5.75 Å². The molecule has 0 aliphatic rings. The molecule has 5 nitrogen and oxygen atoms in total. The number of aliphatic hydroxyl groups is 1. The van der Waals surface area contributed by atoms with Gasteiger partial charge < -0.3 is 20.5 Å². The molecular weight excluding hydrogens is 304 g/mol. The molecule has 0 radical (unpaired) electrons. The summed E-state index contributed by atoms with van der Waals surface area (Å²) < 4.78 is 5.57. The fourth-order valence-corrected chi connectivity index (χ4v) is 2.25. The van der Waals surface area contributed by atoms with Crippen molar-refractivity contribution in [1.29, 1.82) is 0 Å². The van der Waals surface area contributed by atoms with Gasteiger partial charge in [0.1, 0.15) is 18.5 Å². The van der Waals surface area contributed by atoms with Gasteiger partial charge in [-0.2, -0.15) is 0 Å². The molecule has 2 aromatic rings. The minimum Gasteiger partial charge on any atom is -0.491 e. The quantitative estimate of drug-likeness (QED) is 0.696. The maximum Gasteiger partial charge on any atom is 0.221 e. The molecule has 2 aromatic carbocycles. The number of amides is 1. The highest BCUT2D eigenvalue weighted by atomic mass is 16.5. The molecule has 0 aromatic heterocycles. The van der Waals surface area contributed by atoms with Crippen molar-refractivity contribution in [2.24, 2.45) is 0 Å². The highest BCUT2D eigenvalue weighted by Crippen LogP contribution is 2.12. The molecule has 0 saturated carbocycles. The van der Waals surface area contributed by atoms with Crippen molar-refractivity contribution in [2.45, 2.75) is 26.5 Å². The third-order valence-electron chi connectivity index (χ3n) is 3.42. The molecule has 24 heavy (non-hydrogen) atoms. The summed E-state index contributed by atoms with van der Waals surface area (Å²) in [6, 6.07) is 15.3. The molecule has 0 fully saturated rings. The summed E-state index contributed by atoms with van der Waals surface area (Å²) in [6.07, 6.45) is -0.579. The van der Waals surface area contributed by atoms with Gasteiger partial charge in [-0.15, -0.1) is 0 Å². The minimum atomic E-state index is -0.579. The van der Waals surface area contributed by atoms with Crippen LogP contribution in [0.15, 0.2) is 48.5 Å². The Morgan fingerprint density at radius 1 is 1.21 bits per heavy atom. The van der Waals surface area contributed by atoms with E-state index < -0.39 is 6.10 Å². The summed E-state index contributed by atoms with van der Waals surface area (Å²) in [7, 11) is 0. The molecule has 0 aliphatic carbocycles. The number of carbonyl (C=O) groups is 1. The fourth-order valence-electron chi connectivity index (χ4n) is 2.25. The maximum absolute atomic E-state index is 11.0. The van der Waals surface area contributed by atoms with E-state index in [1.54, 1.807) is 0 Å². The van der Waals surface area contributed by atoms with Crippen LogP contribution >= 0.6 is 0 Å². The van der Waals surface area contributed by atoms with Gasteiger partial charge in [-0.1, -0.05) is 24.3 Å². The minimum absolute atomic E-state index is 0.0855. The number of rotatable bonds is 8. The molecule has 3 N–H and O–H groups in total. The van der Waals surface area contributed by atoms with Crippen LogP contribution in [0.25, 0.3) is 0 Å². The maximum atomic E-state index is 11.0. The summed E-state index contributed by atoms with van der Waals surface area (Å²) in [4.78, 5) is 11.0. The van der Waals surface area contributed by atoms with Crippen LogP contribution in [-0.2, 0) is 11.3 Å². The monoisotopic (exact) mass is 328 g/mol. The largest absolute Gasteiger partial charge is 0.491 e. The van der Waals surface area contributed by atoms with Gasteiger partial charge in [-0.05, 0) is 42.3 Å². The molecule has 0 bridgehead atoms. The van der Waals surface area contributed by atoms with Gasteiger partial charge in [-0.3, -0.25) is 4.79 Å². The molecule has 5 heteroatoms. The van der Waals surface area contributed by atoms with Crippen molar-refractivity contribution in [2.75, 3.05) is 18.5 Å². The SMILES string of the molecule is CC(=O)Nc1ccc(CNCC(O)COc2cccc(C)c2)cc1. The predicted octanol–water partition coefficient (Wildman–Crippen LogP) is 2.48. The Hall–Kier alpha value is -2.37.